The van der Waals surface area contributed by atoms with Crippen LogP contribution in [0.25, 0.3) is 0 Å². The van der Waals surface area contributed by atoms with Crippen LogP contribution in [0.3, 0.4) is 0 Å². The topological polar surface area (TPSA) is 29.5 Å². The van der Waals surface area contributed by atoms with Crippen molar-refractivity contribution in [1.82, 2.24) is 0 Å². The summed E-state index contributed by atoms with van der Waals surface area (Å²) in [5, 5.41) is 8.48. The van der Waals surface area contributed by atoms with Crippen LogP contribution in [0.2, 0.25) is 0 Å². The van der Waals surface area contributed by atoms with Gasteiger partial charge in [-0.3, -0.25) is 0 Å². The monoisotopic (exact) mass is 266 g/mol. The van der Waals surface area contributed by atoms with Crippen molar-refractivity contribution in [3.8, 4) is 5.75 Å². The van der Waals surface area contributed by atoms with E-state index in [0.29, 0.717) is 6.42 Å². The third-order valence-electron chi connectivity index (χ3n) is 1.51. The van der Waals surface area contributed by atoms with E-state index in [-0.39, 0.29) is 23.4 Å². The van der Waals surface area contributed by atoms with Gasteiger partial charge in [0.05, 0.1) is 11.1 Å². The molecule has 14 heavy (non-hydrogen) atoms. The van der Waals surface area contributed by atoms with Crippen molar-refractivity contribution in [2.24, 2.45) is 0 Å². The highest BCUT2D eigenvalue weighted by Crippen LogP contribution is 2.29. The highest BCUT2D eigenvalue weighted by molar-refractivity contribution is 9.10. The van der Waals surface area contributed by atoms with Crippen molar-refractivity contribution in [3.63, 3.8) is 0 Å². The van der Waals surface area contributed by atoms with Crippen LogP contribution in [-0.2, 0) is 0 Å². The summed E-state index contributed by atoms with van der Waals surface area (Å²) in [4.78, 5) is 0. The van der Waals surface area contributed by atoms with Crippen LogP contribution in [-0.4, -0.2) is 18.3 Å². The number of aliphatic hydroxyl groups excluding tert-OH is 1. The van der Waals surface area contributed by atoms with Crippen molar-refractivity contribution in [3.05, 3.63) is 28.2 Å². The maximum Gasteiger partial charge on any atom is 0.169 e. The van der Waals surface area contributed by atoms with E-state index in [1.54, 1.807) is 0 Å². The fraction of sp³-hybridized carbons (Fsp3) is 0.333. The number of aliphatic hydroxyl groups is 1. The first-order valence-corrected chi connectivity index (χ1v) is 4.82. The Hall–Kier alpha value is -0.680. The highest BCUT2D eigenvalue weighted by Gasteiger charge is 2.10. The van der Waals surface area contributed by atoms with Crippen LogP contribution < -0.4 is 4.74 Å². The van der Waals surface area contributed by atoms with Crippen LogP contribution in [0.1, 0.15) is 6.42 Å². The molecule has 0 radical (unpaired) electrons. The van der Waals surface area contributed by atoms with E-state index in [1.807, 2.05) is 0 Å². The van der Waals surface area contributed by atoms with Gasteiger partial charge < -0.3 is 9.84 Å². The smallest absolute Gasteiger partial charge is 0.169 e. The quantitative estimate of drug-likeness (QED) is 0.849. The van der Waals surface area contributed by atoms with Crippen LogP contribution in [0.4, 0.5) is 8.78 Å². The lowest BCUT2D eigenvalue weighted by molar-refractivity contribution is 0.227. The molecule has 1 aromatic rings. The summed E-state index contributed by atoms with van der Waals surface area (Å²) in [5.41, 5.74) is 0. The zero-order chi connectivity index (χ0) is 10.6. The van der Waals surface area contributed by atoms with Crippen molar-refractivity contribution < 1.29 is 18.6 Å². The van der Waals surface area contributed by atoms with Crippen molar-refractivity contribution in [2.45, 2.75) is 6.42 Å². The lowest BCUT2D eigenvalue weighted by Crippen LogP contribution is -2.02. The molecule has 0 heterocycles. The van der Waals surface area contributed by atoms with Gasteiger partial charge in [-0.05, 0) is 22.0 Å². The Kier molecular flexibility index (Phi) is 4.28. The van der Waals surface area contributed by atoms with E-state index in [0.717, 1.165) is 12.1 Å². The summed E-state index contributed by atoms with van der Waals surface area (Å²) < 4.78 is 31.0. The predicted octanol–water partition coefficient (Wildman–Crippen LogP) is 2.49. The first-order chi connectivity index (χ1) is 6.65. The Morgan fingerprint density at radius 2 is 2.07 bits per heavy atom. The van der Waals surface area contributed by atoms with Crippen LogP contribution >= 0.6 is 15.9 Å². The first-order valence-electron chi connectivity index (χ1n) is 4.03. The minimum Gasteiger partial charge on any atom is -0.489 e. The lowest BCUT2D eigenvalue weighted by Gasteiger charge is -2.08. The molecule has 1 rings (SSSR count). The molecule has 0 aromatic heterocycles. The fourth-order valence-electron chi connectivity index (χ4n) is 0.906. The lowest BCUT2D eigenvalue weighted by atomic mass is 10.3. The minimum absolute atomic E-state index is 0.0273. The Labute approximate surface area is 88.6 Å². The maximum atomic E-state index is 13.1. The largest absolute Gasteiger partial charge is 0.489 e. The molecule has 1 N–H and O–H groups in total. The molecule has 78 valence electrons. The minimum atomic E-state index is -0.755. The average Bonchev–Trinajstić information content (AvgIpc) is 2.09. The van der Waals surface area contributed by atoms with E-state index in [1.165, 1.54) is 0 Å². The molecule has 0 unspecified atom stereocenters. The molecule has 0 saturated carbocycles. The summed E-state index contributed by atoms with van der Waals surface area (Å²) in [5.74, 6) is -1.45. The van der Waals surface area contributed by atoms with Crippen molar-refractivity contribution in [1.29, 1.82) is 0 Å². The number of halogens is 3. The van der Waals surface area contributed by atoms with Gasteiger partial charge >= 0.3 is 0 Å². The maximum absolute atomic E-state index is 13.1. The molecule has 1 aromatic carbocycles. The number of benzene rings is 1. The van der Waals surface area contributed by atoms with Crippen LogP contribution in [0.5, 0.6) is 5.75 Å². The normalized spacial score (nSPS) is 10.3. The Balaban J connectivity index is 2.75. The summed E-state index contributed by atoms with van der Waals surface area (Å²) in [6.07, 6.45) is 0.406. The summed E-state index contributed by atoms with van der Waals surface area (Å²) in [6.45, 7) is 0.165. The van der Waals surface area contributed by atoms with E-state index >= 15 is 0 Å². The van der Waals surface area contributed by atoms with Gasteiger partial charge in [0.2, 0.25) is 0 Å². The number of hydrogen-bond acceptors (Lipinski definition) is 2. The van der Waals surface area contributed by atoms with Gasteiger partial charge in [0.1, 0.15) is 5.82 Å². The molecule has 0 aliphatic heterocycles. The third kappa shape index (κ3) is 2.92. The van der Waals surface area contributed by atoms with Gasteiger partial charge in [0, 0.05) is 19.1 Å². The molecule has 5 heteroatoms. The second kappa shape index (κ2) is 5.26. The molecule has 0 bridgehead atoms. The molecule has 0 amide bonds. The Morgan fingerprint density at radius 1 is 1.36 bits per heavy atom. The first kappa shape index (κ1) is 11.4. The van der Waals surface area contributed by atoms with E-state index in [9.17, 15) is 8.78 Å². The van der Waals surface area contributed by atoms with Gasteiger partial charge in [-0.1, -0.05) is 0 Å². The van der Waals surface area contributed by atoms with Gasteiger partial charge in [-0.2, -0.15) is 0 Å². The zero-order valence-electron chi connectivity index (χ0n) is 7.27. The molecule has 0 atom stereocenters. The molecule has 0 aliphatic carbocycles. The van der Waals surface area contributed by atoms with Gasteiger partial charge in [0.25, 0.3) is 0 Å². The molecule has 0 saturated heterocycles. The molecule has 2 nitrogen and oxygen atoms in total. The summed E-state index contributed by atoms with van der Waals surface area (Å²) >= 11 is 2.98. The van der Waals surface area contributed by atoms with E-state index in [4.69, 9.17) is 9.84 Å². The third-order valence-corrected chi connectivity index (χ3v) is 2.10. The summed E-state index contributed by atoms with van der Waals surface area (Å²) in [6, 6.07) is 1.87. The van der Waals surface area contributed by atoms with E-state index < -0.39 is 11.6 Å². The summed E-state index contributed by atoms with van der Waals surface area (Å²) in [7, 11) is 0. The number of rotatable bonds is 4. The van der Waals surface area contributed by atoms with Crippen LogP contribution in [0, 0.1) is 11.6 Å². The van der Waals surface area contributed by atoms with E-state index in [2.05, 4.69) is 15.9 Å². The zero-order valence-corrected chi connectivity index (χ0v) is 8.85. The fourth-order valence-corrected chi connectivity index (χ4v) is 1.43. The number of ether oxygens (including phenoxy) is 1. The van der Waals surface area contributed by atoms with Crippen molar-refractivity contribution >= 4 is 15.9 Å². The average molecular weight is 267 g/mol. The molecular weight excluding hydrogens is 258 g/mol. The molecular formula is C9H9BrF2O2. The van der Waals surface area contributed by atoms with Crippen LogP contribution in [0.15, 0.2) is 16.6 Å². The Morgan fingerprint density at radius 3 is 2.64 bits per heavy atom. The molecule has 0 fully saturated rings. The number of hydrogen-bond donors (Lipinski definition) is 1. The van der Waals surface area contributed by atoms with Gasteiger partial charge in [-0.25, -0.2) is 8.78 Å². The standard InChI is InChI=1S/C9H9BrF2O2/c10-7-4-6(11)5-8(12)9(7)14-3-1-2-13/h4-5,13H,1-3H2. The van der Waals surface area contributed by atoms with Gasteiger partial charge in [0.15, 0.2) is 11.6 Å². The second-order valence-electron chi connectivity index (χ2n) is 2.62. The molecule has 0 spiro atoms. The Bertz CT molecular complexity index is 295. The molecule has 0 aliphatic rings. The predicted molar refractivity (Wildman–Crippen MR) is 51.3 cm³/mol. The van der Waals surface area contributed by atoms with Crippen molar-refractivity contribution in [2.75, 3.05) is 13.2 Å². The van der Waals surface area contributed by atoms with Gasteiger partial charge in [-0.15, -0.1) is 0 Å². The highest BCUT2D eigenvalue weighted by atomic mass is 79.9. The second-order valence-corrected chi connectivity index (χ2v) is 3.48. The SMILES string of the molecule is OCCCOc1c(F)cc(F)cc1Br.